The zero-order valence-corrected chi connectivity index (χ0v) is 22.1. The van der Waals surface area contributed by atoms with Crippen molar-refractivity contribution in [3.63, 3.8) is 0 Å². The molecule has 1 aliphatic heterocycles. The van der Waals surface area contributed by atoms with Crippen LogP contribution in [0.1, 0.15) is 19.3 Å². The van der Waals surface area contributed by atoms with E-state index >= 15 is 0 Å². The minimum atomic E-state index is -0.277. The van der Waals surface area contributed by atoms with Crippen LogP contribution in [0.2, 0.25) is 0 Å². The highest BCUT2D eigenvalue weighted by molar-refractivity contribution is 7.13. The number of nitrogens with one attached hydrogen (secondary N) is 4. The van der Waals surface area contributed by atoms with Crippen LogP contribution in [0.3, 0.4) is 0 Å². The summed E-state index contributed by atoms with van der Waals surface area (Å²) in [7, 11) is 0. The van der Waals surface area contributed by atoms with Crippen molar-refractivity contribution in [1.82, 2.24) is 40.4 Å². The highest BCUT2D eigenvalue weighted by Crippen LogP contribution is 2.34. The summed E-state index contributed by atoms with van der Waals surface area (Å²) in [6.45, 7) is 1.92. The van der Waals surface area contributed by atoms with E-state index in [1.807, 2.05) is 18.2 Å². The van der Waals surface area contributed by atoms with Crippen molar-refractivity contribution >= 4 is 45.0 Å². The summed E-state index contributed by atoms with van der Waals surface area (Å²) in [5.41, 5.74) is 5.51. The number of nitrogens with zero attached hydrogens (tertiary/aromatic N) is 5. The minimum absolute atomic E-state index is 0.000536. The van der Waals surface area contributed by atoms with E-state index in [0.717, 1.165) is 59.3 Å². The van der Waals surface area contributed by atoms with Gasteiger partial charge in [-0.1, -0.05) is 0 Å². The molecule has 1 aliphatic rings. The minimum Gasteiger partial charge on any atom is -0.336 e. The number of rotatable bonds is 6. The molecule has 7 heterocycles. The number of amides is 1. The number of carbonyl (C=O) groups excluding carboxylic acids is 1. The number of hydrogen-bond acceptors (Lipinski definition) is 8. The van der Waals surface area contributed by atoms with E-state index < -0.39 is 0 Å². The van der Waals surface area contributed by atoms with E-state index in [1.54, 1.807) is 30.9 Å². The Labute approximate surface area is 231 Å². The van der Waals surface area contributed by atoms with E-state index in [4.69, 9.17) is 4.98 Å². The molecule has 10 nitrogen and oxygen atoms in total. The van der Waals surface area contributed by atoms with Crippen molar-refractivity contribution in [1.29, 1.82) is 0 Å². The topological polar surface area (TPSA) is 137 Å². The number of imidazole rings is 1. The van der Waals surface area contributed by atoms with Crippen molar-refractivity contribution in [3.8, 4) is 33.2 Å². The van der Waals surface area contributed by atoms with Gasteiger partial charge < -0.3 is 15.6 Å². The summed E-state index contributed by atoms with van der Waals surface area (Å²) in [5.74, 6) is 0.948. The number of aromatic amines is 2. The Morgan fingerprint density at radius 1 is 1.05 bits per heavy atom. The molecule has 0 saturated carbocycles. The molecule has 0 bridgehead atoms. The van der Waals surface area contributed by atoms with Gasteiger partial charge in [0.15, 0.2) is 16.6 Å². The van der Waals surface area contributed by atoms with Gasteiger partial charge in [-0.2, -0.15) is 9.49 Å². The lowest BCUT2D eigenvalue weighted by Crippen LogP contribution is -2.30. The van der Waals surface area contributed by atoms with Gasteiger partial charge in [-0.15, -0.1) is 11.3 Å². The lowest BCUT2D eigenvalue weighted by Gasteiger charge is -2.21. The predicted molar refractivity (Wildman–Crippen MR) is 152 cm³/mol. The van der Waals surface area contributed by atoms with Crippen LogP contribution >= 0.6 is 11.3 Å². The molecule has 6 aromatic rings. The fourth-order valence-corrected chi connectivity index (χ4v) is 5.87. The molecule has 0 spiro atoms. The first-order valence-electron chi connectivity index (χ1n) is 13.0. The molecule has 1 fully saturated rings. The van der Waals surface area contributed by atoms with E-state index in [-0.39, 0.29) is 11.0 Å². The summed E-state index contributed by atoms with van der Waals surface area (Å²) in [5, 5.41) is 14.3. The maximum Gasteiger partial charge on any atom is 0.224 e. The second-order valence-electron chi connectivity index (χ2n) is 9.85. The number of pyridine rings is 3. The molecule has 200 valence electrons. The molecule has 0 atom stereocenters. The summed E-state index contributed by atoms with van der Waals surface area (Å²) in [4.78, 5) is 34.8. The monoisotopic (exact) mass is 553 g/mol. The van der Waals surface area contributed by atoms with Crippen LogP contribution in [0.15, 0.2) is 55.1 Å². The van der Waals surface area contributed by atoms with Crippen molar-refractivity contribution in [2.75, 3.05) is 18.4 Å². The van der Waals surface area contributed by atoms with Crippen molar-refractivity contribution in [2.45, 2.75) is 19.3 Å². The largest absolute Gasteiger partial charge is 0.336 e. The average molecular weight is 554 g/mol. The Kier molecular flexibility index (Phi) is 6.25. The second-order valence-corrected chi connectivity index (χ2v) is 10.9. The molecular weight excluding hydrogens is 529 g/mol. The number of H-pyrrole nitrogens is 2. The van der Waals surface area contributed by atoms with Gasteiger partial charge in [0, 0.05) is 36.1 Å². The van der Waals surface area contributed by atoms with Gasteiger partial charge in [0.05, 0.1) is 27.7 Å². The Balaban J connectivity index is 1.19. The molecular formula is C28H24FN9OS. The third-order valence-electron chi connectivity index (χ3n) is 7.14. The fourth-order valence-electron chi connectivity index (χ4n) is 5.14. The molecule has 0 aromatic carbocycles. The highest BCUT2D eigenvalue weighted by atomic mass is 32.1. The van der Waals surface area contributed by atoms with Gasteiger partial charge >= 0.3 is 0 Å². The number of aromatic nitrogens is 7. The first-order valence-corrected chi connectivity index (χ1v) is 13.8. The van der Waals surface area contributed by atoms with E-state index in [9.17, 15) is 9.18 Å². The molecule has 1 saturated heterocycles. The number of hydrogen-bond donors (Lipinski definition) is 4. The molecule has 0 aliphatic carbocycles. The second kappa shape index (κ2) is 10.2. The average Bonchev–Trinajstić information content (AvgIpc) is 3.71. The zero-order chi connectivity index (χ0) is 27.1. The number of fused-ring (bicyclic) bond motifs is 2. The number of piperidine rings is 1. The molecule has 0 radical (unpaired) electrons. The van der Waals surface area contributed by atoms with Gasteiger partial charge in [-0.3, -0.25) is 19.9 Å². The van der Waals surface area contributed by atoms with Crippen molar-refractivity contribution in [2.24, 2.45) is 5.92 Å². The van der Waals surface area contributed by atoms with Crippen molar-refractivity contribution < 1.29 is 9.18 Å². The Morgan fingerprint density at radius 3 is 2.77 bits per heavy atom. The Bertz CT molecular complexity index is 1850. The van der Waals surface area contributed by atoms with Crippen LogP contribution in [0.5, 0.6) is 0 Å². The molecule has 12 heteroatoms. The smallest absolute Gasteiger partial charge is 0.224 e. The van der Waals surface area contributed by atoms with E-state index in [0.29, 0.717) is 51.3 Å². The first kappa shape index (κ1) is 24.5. The lowest BCUT2D eigenvalue weighted by molar-refractivity contribution is -0.117. The van der Waals surface area contributed by atoms with Crippen LogP contribution in [-0.4, -0.2) is 54.1 Å². The van der Waals surface area contributed by atoms with Gasteiger partial charge in [0.2, 0.25) is 5.91 Å². The van der Waals surface area contributed by atoms with Gasteiger partial charge in [-0.05, 0) is 62.2 Å². The number of carbonyl (C=O) groups is 1. The van der Waals surface area contributed by atoms with Crippen molar-refractivity contribution in [3.05, 3.63) is 60.3 Å². The Morgan fingerprint density at radius 2 is 1.93 bits per heavy atom. The molecule has 6 aromatic heterocycles. The van der Waals surface area contributed by atoms with Gasteiger partial charge in [0.25, 0.3) is 0 Å². The first-order chi connectivity index (χ1) is 19.6. The van der Waals surface area contributed by atoms with Crippen LogP contribution in [-0.2, 0) is 4.79 Å². The zero-order valence-electron chi connectivity index (χ0n) is 21.2. The predicted octanol–water partition coefficient (Wildman–Crippen LogP) is 5.15. The molecule has 40 heavy (non-hydrogen) atoms. The fraction of sp³-hybridized carbons (Fsp3) is 0.214. The molecule has 0 unspecified atom stereocenters. The highest BCUT2D eigenvalue weighted by Gasteiger charge is 2.19. The summed E-state index contributed by atoms with van der Waals surface area (Å²) in [6.07, 6.45) is 9.34. The van der Waals surface area contributed by atoms with E-state index in [1.165, 1.54) is 6.07 Å². The number of thiophene rings is 1. The third-order valence-corrected chi connectivity index (χ3v) is 8.02. The van der Waals surface area contributed by atoms with Gasteiger partial charge in [0.1, 0.15) is 16.9 Å². The molecule has 1 amide bonds. The standard InChI is InChI=1S/C28H24FN9OS/c29-22-2-1-21(40-22)26-25-20(5-8-32-26)35-28(36-25)24-19-11-17(13-33-27(19)38-37-24)16-10-18(14-31-12-16)34-23(39)9-15-3-6-30-7-4-15/h1-2,5,8,10-15,30H,3-4,6-7,9H2,(H,34,39)(H,35,36)(H,33,37,38). The van der Waals surface area contributed by atoms with Crippen LogP contribution in [0, 0.1) is 11.0 Å². The lowest BCUT2D eigenvalue weighted by atomic mass is 9.94. The quantitative estimate of drug-likeness (QED) is 0.224. The number of anilines is 1. The number of halogens is 1. The maximum atomic E-state index is 13.7. The third kappa shape index (κ3) is 4.71. The molecule has 4 N–H and O–H groups in total. The summed E-state index contributed by atoms with van der Waals surface area (Å²) in [6, 6.07) is 8.82. The molecule has 7 rings (SSSR count). The van der Waals surface area contributed by atoms with Crippen LogP contribution < -0.4 is 10.6 Å². The summed E-state index contributed by atoms with van der Waals surface area (Å²) >= 11 is 1.03. The van der Waals surface area contributed by atoms with Crippen LogP contribution in [0.4, 0.5) is 10.1 Å². The maximum absolute atomic E-state index is 13.7. The SMILES string of the molecule is O=C(CC1CCNCC1)Nc1cncc(-c2cnc3[nH]nc(-c4nc5c(-c6ccc(F)s6)nccc5[nH]4)c3c2)c1. The van der Waals surface area contributed by atoms with Gasteiger partial charge in [-0.25, -0.2) is 9.97 Å². The van der Waals surface area contributed by atoms with Crippen LogP contribution in [0.25, 0.3) is 55.3 Å². The summed E-state index contributed by atoms with van der Waals surface area (Å²) < 4.78 is 13.7. The Hall–Kier alpha value is -4.55. The van der Waals surface area contributed by atoms with E-state index in [2.05, 4.69) is 40.8 Å². The normalized spacial score (nSPS) is 14.2.